The van der Waals surface area contributed by atoms with Crippen LogP contribution in [0.2, 0.25) is 0 Å². The number of benzene rings is 2. The second-order valence-corrected chi connectivity index (χ2v) is 21.0. The minimum Gasteiger partial charge on any atom is -0.491 e. The van der Waals surface area contributed by atoms with Crippen LogP contribution >= 0.6 is 0 Å². The third-order valence-electron chi connectivity index (χ3n) is 14.9. The Balaban J connectivity index is 0.000000170. The van der Waals surface area contributed by atoms with E-state index in [9.17, 15) is 10.2 Å². The van der Waals surface area contributed by atoms with Crippen molar-refractivity contribution >= 4 is 0 Å². The first-order valence-electron chi connectivity index (χ1n) is 24.9. The molecule has 2 fully saturated rings. The van der Waals surface area contributed by atoms with Crippen molar-refractivity contribution in [2.45, 2.75) is 143 Å². The Morgan fingerprint density at radius 3 is 1.28 bits per heavy atom. The van der Waals surface area contributed by atoms with Crippen molar-refractivity contribution in [1.82, 2.24) is 58.4 Å². The molecule has 2 saturated heterocycles. The molecule has 8 heterocycles. The number of rotatable bonds is 10. The van der Waals surface area contributed by atoms with Crippen LogP contribution in [0.1, 0.15) is 130 Å². The van der Waals surface area contributed by atoms with Gasteiger partial charge in [0.15, 0.2) is 11.6 Å². The van der Waals surface area contributed by atoms with Crippen molar-refractivity contribution in [3.8, 4) is 57.3 Å². The fraction of sp³-hybridized carbons (Fsp3) is 0.577. The Hall–Kier alpha value is -5.42. The summed E-state index contributed by atoms with van der Waals surface area (Å²) >= 11 is 0. The Morgan fingerprint density at radius 1 is 0.544 bits per heavy atom. The minimum absolute atomic E-state index is 0.211. The smallest absolute Gasteiger partial charge is 0.178 e. The zero-order valence-electron chi connectivity index (χ0n) is 41.8. The van der Waals surface area contributed by atoms with Crippen LogP contribution in [0.15, 0.2) is 61.4 Å². The number of likely N-dealkylation sites (tertiary alicyclic amines) is 2. The maximum atomic E-state index is 10.4. The molecule has 68 heavy (non-hydrogen) atoms. The van der Waals surface area contributed by atoms with Gasteiger partial charge in [-0.2, -0.15) is 10.2 Å². The lowest BCUT2D eigenvalue weighted by Crippen LogP contribution is -2.42. The standard InChI is InChI=1S/2C26H36N6O2/c2*1-17(2)32-25(27-16-28-32)22-15-31-12-13-34-23-7-6-19(14-21(23)24(31)29-22)18(3)30-10-8-20(9-11-30)26(4,5)33/h2*6-7,14-18,20,33H,8-13H2,1-5H3/t2*18-/m10/s1. The van der Waals surface area contributed by atoms with Gasteiger partial charge in [0.05, 0.1) is 35.4 Å². The summed E-state index contributed by atoms with van der Waals surface area (Å²) < 4.78 is 20.3. The van der Waals surface area contributed by atoms with Gasteiger partial charge in [0.2, 0.25) is 0 Å². The van der Waals surface area contributed by atoms with Gasteiger partial charge < -0.3 is 28.8 Å². The van der Waals surface area contributed by atoms with E-state index in [1.165, 1.54) is 11.1 Å². The number of imidazole rings is 2. The molecule has 0 spiro atoms. The van der Waals surface area contributed by atoms with Crippen molar-refractivity contribution < 1.29 is 19.7 Å². The molecule has 2 N–H and O–H groups in total. The molecule has 0 radical (unpaired) electrons. The molecule has 16 heteroatoms. The lowest BCUT2D eigenvalue weighted by molar-refractivity contribution is -0.0182. The number of piperidine rings is 2. The van der Waals surface area contributed by atoms with Crippen LogP contribution in [-0.4, -0.2) is 119 Å². The summed E-state index contributed by atoms with van der Waals surface area (Å²) in [5, 5.41) is 29.6. The van der Waals surface area contributed by atoms with Gasteiger partial charge in [0.25, 0.3) is 0 Å². The van der Waals surface area contributed by atoms with Crippen molar-refractivity contribution in [2.75, 3.05) is 39.4 Å². The van der Waals surface area contributed by atoms with Gasteiger partial charge in [-0.1, -0.05) is 12.1 Å². The number of hydrogen-bond acceptors (Lipinski definition) is 12. The van der Waals surface area contributed by atoms with E-state index >= 15 is 0 Å². The van der Waals surface area contributed by atoms with Gasteiger partial charge in [0, 0.05) is 36.6 Å². The molecule has 364 valence electrons. The monoisotopic (exact) mass is 929 g/mol. The predicted octanol–water partition coefficient (Wildman–Crippen LogP) is 8.65. The van der Waals surface area contributed by atoms with Gasteiger partial charge >= 0.3 is 0 Å². The van der Waals surface area contributed by atoms with Crippen molar-refractivity contribution in [1.29, 1.82) is 0 Å². The van der Waals surface area contributed by atoms with E-state index in [1.807, 2.05) is 37.1 Å². The molecule has 16 nitrogen and oxygen atoms in total. The van der Waals surface area contributed by atoms with Crippen LogP contribution in [-0.2, 0) is 13.1 Å². The molecule has 6 aromatic rings. The van der Waals surface area contributed by atoms with Crippen molar-refractivity contribution in [2.24, 2.45) is 11.8 Å². The Bertz CT molecular complexity index is 2480. The molecule has 0 saturated carbocycles. The number of ether oxygens (including phenoxy) is 2. The average molecular weight is 929 g/mol. The molecule has 0 amide bonds. The zero-order chi connectivity index (χ0) is 48.1. The second kappa shape index (κ2) is 19.2. The molecule has 4 aliphatic heterocycles. The highest BCUT2D eigenvalue weighted by atomic mass is 16.5. The molecule has 4 aromatic heterocycles. The van der Waals surface area contributed by atoms with Gasteiger partial charge in [-0.25, -0.2) is 29.3 Å². The summed E-state index contributed by atoms with van der Waals surface area (Å²) in [5.41, 5.74) is 5.02. The fourth-order valence-electron chi connectivity index (χ4n) is 10.6. The quantitative estimate of drug-likeness (QED) is 0.135. The maximum absolute atomic E-state index is 10.4. The molecule has 0 unspecified atom stereocenters. The van der Waals surface area contributed by atoms with Gasteiger partial charge in [-0.3, -0.25) is 9.80 Å². The van der Waals surface area contributed by atoms with Crippen LogP contribution in [0.5, 0.6) is 11.5 Å². The number of hydrogen-bond donors (Lipinski definition) is 2. The Labute approximate surface area is 401 Å². The summed E-state index contributed by atoms with van der Waals surface area (Å²) in [4.78, 5) is 24.0. The first kappa shape index (κ1) is 47.6. The van der Waals surface area contributed by atoms with E-state index in [2.05, 4.69) is 129 Å². The molecule has 0 bridgehead atoms. The topological polar surface area (TPSA) is 162 Å². The van der Waals surface area contributed by atoms with Crippen LogP contribution in [0, 0.1) is 11.8 Å². The molecule has 4 aliphatic rings. The summed E-state index contributed by atoms with van der Waals surface area (Å²) in [6.07, 6.45) is 11.4. The van der Waals surface area contributed by atoms with Gasteiger partial charge in [-0.15, -0.1) is 0 Å². The highest BCUT2D eigenvalue weighted by Crippen LogP contribution is 2.40. The molecule has 2 aromatic carbocycles. The van der Waals surface area contributed by atoms with E-state index in [0.29, 0.717) is 25.0 Å². The van der Waals surface area contributed by atoms with Crippen LogP contribution < -0.4 is 9.47 Å². The van der Waals surface area contributed by atoms with Crippen molar-refractivity contribution in [3.05, 3.63) is 72.6 Å². The molecular formula is C52H72N12O4. The molecule has 0 aliphatic carbocycles. The maximum Gasteiger partial charge on any atom is 0.178 e. The first-order chi connectivity index (χ1) is 32.4. The highest BCUT2D eigenvalue weighted by molar-refractivity contribution is 5.70. The average Bonchev–Trinajstić information content (AvgIpc) is 4.13. The lowest BCUT2D eigenvalue weighted by Gasteiger charge is -2.40. The SMILES string of the molecule is CC(C)n1ncnc1-c1cn2c(n1)-c1cc([C@@H](C)N3CCC(C(C)(C)O)CC3)ccc1OCC2.CC(C)n1ncnc1-c1cn2c(n1)-c1cc([C@H](C)N3CCC(C(C)(C)O)CC3)ccc1OCC2. The van der Waals surface area contributed by atoms with E-state index < -0.39 is 11.2 Å². The minimum atomic E-state index is -0.606. The van der Waals surface area contributed by atoms with Crippen LogP contribution in [0.3, 0.4) is 0 Å². The summed E-state index contributed by atoms with van der Waals surface area (Å²) in [5.74, 6) is 5.86. The second-order valence-electron chi connectivity index (χ2n) is 21.0. The van der Waals surface area contributed by atoms with E-state index in [-0.39, 0.29) is 24.2 Å². The van der Waals surface area contributed by atoms with Gasteiger partial charge in [0.1, 0.15) is 60.4 Å². The number of aliphatic hydroxyl groups is 2. The third-order valence-corrected chi connectivity index (χ3v) is 14.9. The van der Waals surface area contributed by atoms with E-state index in [4.69, 9.17) is 19.4 Å². The van der Waals surface area contributed by atoms with E-state index in [0.717, 1.165) is 122 Å². The Morgan fingerprint density at radius 2 is 0.926 bits per heavy atom. The summed E-state index contributed by atoms with van der Waals surface area (Å²) in [7, 11) is 0. The lowest BCUT2D eigenvalue weighted by atomic mass is 9.82. The van der Waals surface area contributed by atoms with E-state index in [1.54, 1.807) is 12.7 Å². The Kier molecular flexibility index (Phi) is 13.4. The predicted molar refractivity (Wildman–Crippen MR) is 263 cm³/mol. The van der Waals surface area contributed by atoms with Crippen LogP contribution in [0.25, 0.3) is 45.8 Å². The highest BCUT2D eigenvalue weighted by Gasteiger charge is 2.34. The summed E-state index contributed by atoms with van der Waals surface area (Å²) in [6.45, 7) is 27.3. The fourth-order valence-corrected chi connectivity index (χ4v) is 10.6. The number of fused-ring (bicyclic) bond motifs is 6. The zero-order valence-corrected chi connectivity index (χ0v) is 41.8. The van der Waals surface area contributed by atoms with Crippen molar-refractivity contribution in [3.63, 3.8) is 0 Å². The summed E-state index contributed by atoms with van der Waals surface area (Å²) in [6, 6.07) is 14.0. The third kappa shape index (κ3) is 9.74. The largest absolute Gasteiger partial charge is 0.491 e. The first-order valence-corrected chi connectivity index (χ1v) is 24.9. The molecule has 10 rings (SSSR count). The molecular weight excluding hydrogens is 857 g/mol. The van der Waals surface area contributed by atoms with Gasteiger partial charge in [-0.05, 0) is 168 Å². The molecule has 2 atom stereocenters. The van der Waals surface area contributed by atoms with Crippen LogP contribution in [0.4, 0.5) is 0 Å². The number of aromatic nitrogens is 10. The normalized spacial score (nSPS) is 18.3. The number of nitrogens with zero attached hydrogens (tertiary/aromatic N) is 12.